The normalized spacial score (nSPS) is 15.1. The highest BCUT2D eigenvalue weighted by atomic mass is 35.5. The molecule has 2 atom stereocenters. The Bertz CT molecular complexity index is 356. The first-order valence-electron chi connectivity index (χ1n) is 4.47. The van der Waals surface area contributed by atoms with Crippen molar-refractivity contribution in [1.29, 1.82) is 0 Å². The lowest BCUT2D eigenvalue weighted by Crippen LogP contribution is -2.25. The molecule has 0 aliphatic rings. The van der Waals surface area contributed by atoms with Gasteiger partial charge in [-0.15, -0.1) is 0 Å². The van der Waals surface area contributed by atoms with E-state index < -0.39 is 23.7 Å². The minimum Gasteiger partial charge on any atom is -0.506 e. The van der Waals surface area contributed by atoms with Gasteiger partial charge in [-0.05, 0) is 25.5 Å². The van der Waals surface area contributed by atoms with Crippen LogP contribution in [0.15, 0.2) is 6.07 Å². The van der Waals surface area contributed by atoms with E-state index in [2.05, 4.69) is 0 Å². The lowest BCUT2D eigenvalue weighted by molar-refractivity contribution is 0.145. The van der Waals surface area contributed by atoms with Crippen molar-refractivity contribution in [2.24, 2.45) is 5.73 Å². The van der Waals surface area contributed by atoms with Crippen LogP contribution >= 0.6 is 11.6 Å². The average Bonchev–Trinajstić information content (AvgIpc) is 2.15. The predicted octanol–water partition coefficient (Wildman–Crippen LogP) is 1.87. The van der Waals surface area contributed by atoms with Gasteiger partial charge in [0, 0.05) is 6.04 Å². The average molecular weight is 234 g/mol. The second-order valence-electron chi connectivity index (χ2n) is 3.56. The summed E-state index contributed by atoms with van der Waals surface area (Å²) in [6.07, 6.45) is -1.28. The summed E-state index contributed by atoms with van der Waals surface area (Å²) in [5, 5.41) is 19.2. The van der Waals surface area contributed by atoms with Gasteiger partial charge in [-0.25, -0.2) is 4.39 Å². The van der Waals surface area contributed by atoms with Crippen LogP contribution in [-0.2, 0) is 0 Å². The van der Waals surface area contributed by atoms with Gasteiger partial charge in [-0.2, -0.15) is 0 Å². The molecule has 0 aliphatic carbocycles. The molecule has 84 valence electrons. The molecule has 0 saturated carbocycles. The number of aromatic hydroxyl groups is 1. The number of hydrogen-bond donors (Lipinski definition) is 3. The molecule has 3 nitrogen and oxygen atoms in total. The van der Waals surface area contributed by atoms with E-state index in [4.69, 9.17) is 17.3 Å². The zero-order chi connectivity index (χ0) is 11.7. The van der Waals surface area contributed by atoms with Crippen LogP contribution in [0.4, 0.5) is 4.39 Å². The lowest BCUT2D eigenvalue weighted by atomic mass is 10.00. The lowest BCUT2D eigenvalue weighted by Gasteiger charge is -2.18. The maximum Gasteiger partial charge on any atom is 0.142 e. The van der Waals surface area contributed by atoms with Crippen LogP contribution in [0.2, 0.25) is 5.02 Å². The third-order valence-electron chi connectivity index (χ3n) is 2.20. The zero-order valence-electron chi connectivity index (χ0n) is 8.46. The van der Waals surface area contributed by atoms with Gasteiger partial charge in [0.1, 0.15) is 17.7 Å². The van der Waals surface area contributed by atoms with Crippen LogP contribution in [0.25, 0.3) is 0 Å². The van der Waals surface area contributed by atoms with Crippen molar-refractivity contribution < 1.29 is 14.6 Å². The number of aliphatic hydroxyl groups excluding tert-OH is 1. The van der Waals surface area contributed by atoms with Crippen LogP contribution in [-0.4, -0.2) is 16.3 Å². The quantitative estimate of drug-likeness (QED) is 0.731. The first-order valence-corrected chi connectivity index (χ1v) is 4.85. The van der Waals surface area contributed by atoms with Gasteiger partial charge in [-0.1, -0.05) is 11.6 Å². The summed E-state index contributed by atoms with van der Waals surface area (Å²) in [7, 11) is 0. The number of benzene rings is 1. The molecular formula is C10H13ClFNO2. The summed E-state index contributed by atoms with van der Waals surface area (Å²) in [5.41, 5.74) is 5.45. The summed E-state index contributed by atoms with van der Waals surface area (Å²) >= 11 is 5.67. The standard InChI is InChI=1S/C10H13ClFNO2/c1-4-3-6(11)10(15)7(8(4)12)9(14)5(2)13/h3,5,9,14-15H,13H2,1-2H3. The maximum absolute atomic E-state index is 13.6. The van der Waals surface area contributed by atoms with Crippen molar-refractivity contribution in [2.75, 3.05) is 0 Å². The van der Waals surface area contributed by atoms with Crippen LogP contribution in [0.1, 0.15) is 24.2 Å². The fourth-order valence-electron chi connectivity index (χ4n) is 1.30. The fraction of sp³-hybridized carbons (Fsp3) is 0.400. The van der Waals surface area contributed by atoms with E-state index in [0.29, 0.717) is 0 Å². The highest BCUT2D eigenvalue weighted by molar-refractivity contribution is 6.32. The second-order valence-corrected chi connectivity index (χ2v) is 3.96. The number of hydrogen-bond acceptors (Lipinski definition) is 3. The van der Waals surface area contributed by atoms with E-state index in [-0.39, 0.29) is 16.1 Å². The smallest absolute Gasteiger partial charge is 0.142 e. The highest BCUT2D eigenvalue weighted by Gasteiger charge is 2.24. The van der Waals surface area contributed by atoms with E-state index in [9.17, 15) is 14.6 Å². The van der Waals surface area contributed by atoms with Gasteiger partial charge in [0.25, 0.3) is 0 Å². The Hall–Kier alpha value is -0.840. The number of nitrogens with two attached hydrogens (primary N) is 1. The third-order valence-corrected chi connectivity index (χ3v) is 2.49. The molecule has 1 aromatic carbocycles. The molecule has 0 fully saturated rings. The van der Waals surface area contributed by atoms with Crippen molar-refractivity contribution in [3.8, 4) is 5.75 Å². The Morgan fingerprint density at radius 2 is 2.07 bits per heavy atom. The van der Waals surface area contributed by atoms with Gasteiger partial charge >= 0.3 is 0 Å². The minimum atomic E-state index is -1.28. The zero-order valence-corrected chi connectivity index (χ0v) is 9.22. The fourth-order valence-corrected chi connectivity index (χ4v) is 1.57. The largest absolute Gasteiger partial charge is 0.506 e. The Morgan fingerprint density at radius 1 is 1.53 bits per heavy atom. The molecule has 0 radical (unpaired) electrons. The molecule has 0 bridgehead atoms. The SMILES string of the molecule is Cc1cc(Cl)c(O)c(C(O)C(C)N)c1F. The summed E-state index contributed by atoms with van der Waals surface area (Å²) < 4.78 is 13.6. The summed E-state index contributed by atoms with van der Waals surface area (Å²) in [6.45, 7) is 3.01. The maximum atomic E-state index is 13.6. The Morgan fingerprint density at radius 3 is 2.53 bits per heavy atom. The van der Waals surface area contributed by atoms with Crippen molar-refractivity contribution in [3.63, 3.8) is 0 Å². The molecule has 0 saturated heterocycles. The van der Waals surface area contributed by atoms with E-state index >= 15 is 0 Å². The van der Waals surface area contributed by atoms with Crippen LogP contribution < -0.4 is 5.73 Å². The molecule has 15 heavy (non-hydrogen) atoms. The van der Waals surface area contributed by atoms with Gasteiger partial charge in [0.15, 0.2) is 0 Å². The topological polar surface area (TPSA) is 66.5 Å². The van der Waals surface area contributed by atoms with Gasteiger partial charge in [0.05, 0.1) is 10.6 Å². The Labute approximate surface area is 92.3 Å². The van der Waals surface area contributed by atoms with Crippen molar-refractivity contribution in [3.05, 3.63) is 28.0 Å². The van der Waals surface area contributed by atoms with E-state index in [1.807, 2.05) is 0 Å². The van der Waals surface area contributed by atoms with E-state index in [1.165, 1.54) is 19.9 Å². The molecule has 0 aliphatic heterocycles. The molecule has 0 spiro atoms. The second kappa shape index (κ2) is 4.35. The summed E-state index contributed by atoms with van der Waals surface area (Å²) in [5.74, 6) is -1.13. The number of phenolic OH excluding ortho intramolecular Hbond substituents is 1. The molecule has 1 rings (SSSR count). The summed E-state index contributed by atoms with van der Waals surface area (Å²) in [6, 6.07) is 0.604. The van der Waals surface area contributed by atoms with Gasteiger partial charge < -0.3 is 15.9 Å². The minimum absolute atomic E-state index is 0.00333. The van der Waals surface area contributed by atoms with Gasteiger partial charge in [0.2, 0.25) is 0 Å². The predicted molar refractivity (Wildman–Crippen MR) is 56.4 cm³/mol. The molecule has 0 aromatic heterocycles. The molecule has 4 N–H and O–H groups in total. The summed E-state index contributed by atoms with van der Waals surface area (Å²) in [4.78, 5) is 0. The molecule has 2 unspecified atom stereocenters. The molecule has 1 aromatic rings. The number of phenols is 1. The number of halogens is 2. The number of aliphatic hydroxyl groups is 1. The molecule has 5 heteroatoms. The van der Waals surface area contributed by atoms with E-state index in [1.54, 1.807) is 0 Å². The Balaban J connectivity index is 3.39. The number of aryl methyl sites for hydroxylation is 1. The van der Waals surface area contributed by atoms with Crippen LogP contribution in [0.5, 0.6) is 5.75 Å². The molecule has 0 amide bonds. The van der Waals surface area contributed by atoms with Crippen molar-refractivity contribution in [1.82, 2.24) is 0 Å². The number of rotatable bonds is 2. The van der Waals surface area contributed by atoms with Crippen LogP contribution in [0.3, 0.4) is 0 Å². The first kappa shape index (κ1) is 12.2. The van der Waals surface area contributed by atoms with Crippen molar-refractivity contribution >= 4 is 11.6 Å². The third kappa shape index (κ3) is 2.22. The highest BCUT2D eigenvalue weighted by Crippen LogP contribution is 2.36. The van der Waals surface area contributed by atoms with Gasteiger partial charge in [-0.3, -0.25) is 0 Å². The van der Waals surface area contributed by atoms with Crippen LogP contribution in [0, 0.1) is 12.7 Å². The van der Waals surface area contributed by atoms with Crippen molar-refractivity contribution in [2.45, 2.75) is 26.0 Å². The first-order chi connectivity index (χ1) is 6.86. The monoisotopic (exact) mass is 233 g/mol. The molecular weight excluding hydrogens is 221 g/mol. The van der Waals surface area contributed by atoms with E-state index in [0.717, 1.165) is 0 Å². The Kier molecular flexibility index (Phi) is 3.54. The molecule has 0 heterocycles.